The van der Waals surface area contributed by atoms with Crippen molar-refractivity contribution in [2.24, 2.45) is 11.7 Å². The van der Waals surface area contributed by atoms with Crippen molar-refractivity contribution < 1.29 is 0 Å². The van der Waals surface area contributed by atoms with Crippen molar-refractivity contribution in [3.63, 3.8) is 0 Å². The molecule has 0 saturated heterocycles. The van der Waals surface area contributed by atoms with Crippen molar-refractivity contribution in [3.05, 3.63) is 34.3 Å². The number of halogens is 2. The Morgan fingerprint density at radius 3 is 2.40 bits per heavy atom. The summed E-state index contributed by atoms with van der Waals surface area (Å²) >= 11 is 6.13. The molecule has 0 aliphatic carbocycles. The van der Waals surface area contributed by atoms with Crippen molar-refractivity contribution in [1.29, 1.82) is 0 Å². The normalized spacial score (nSPS) is 12.4. The van der Waals surface area contributed by atoms with Gasteiger partial charge in [-0.25, -0.2) is 0 Å². The largest absolute Gasteiger partial charge is 0.324 e. The van der Waals surface area contributed by atoms with E-state index in [1.807, 2.05) is 12.1 Å². The van der Waals surface area contributed by atoms with Gasteiger partial charge >= 0.3 is 0 Å². The molecule has 0 spiro atoms. The van der Waals surface area contributed by atoms with E-state index in [1.54, 1.807) is 0 Å². The second-order valence-corrected chi connectivity index (χ2v) is 4.61. The molecule has 1 aromatic rings. The number of rotatable bonds is 3. The summed E-state index contributed by atoms with van der Waals surface area (Å²) < 4.78 is 0. The molecule has 86 valence electrons. The van der Waals surface area contributed by atoms with Crippen LogP contribution in [-0.2, 0) is 0 Å². The van der Waals surface area contributed by atoms with Crippen LogP contribution in [0.3, 0.4) is 0 Å². The van der Waals surface area contributed by atoms with Crippen LogP contribution in [0.4, 0.5) is 0 Å². The van der Waals surface area contributed by atoms with Crippen LogP contribution in [0.15, 0.2) is 18.2 Å². The monoisotopic (exact) mass is 247 g/mol. The third kappa shape index (κ3) is 4.02. The second kappa shape index (κ2) is 6.37. The highest BCUT2D eigenvalue weighted by atomic mass is 35.5. The molecule has 1 atom stereocenters. The summed E-state index contributed by atoms with van der Waals surface area (Å²) in [5, 5.41) is 0.790. The predicted octanol–water partition coefficient (Wildman–Crippen LogP) is 4.12. The second-order valence-electron chi connectivity index (χ2n) is 4.21. The van der Waals surface area contributed by atoms with Gasteiger partial charge in [0.15, 0.2) is 0 Å². The Bertz CT molecular complexity index is 290. The van der Waals surface area contributed by atoms with Gasteiger partial charge in [0.05, 0.1) is 0 Å². The average molecular weight is 248 g/mol. The minimum absolute atomic E-state index is 0. The molecule has 0 aliphatic heterocycles. The molecule has 0 heterocycles. The molecule has 0 aliphatic rings. The molecular formula is C12H19Cl2N. The molecule has 1 aromatic carbocycles. The Morgan fingerprint density at radius 2 is 1.93 bits per heavy atom. The molecule has 15 heavy (non-hydrogen) atoms. The number of hydrogen-bond acceptors (Lipinski definition) is 1. The van der Waals surface area contributed by atoms with Crippen LogP contribution in [0.2, 0.25) is 5.02 Å². The summed E-state index contributed by atoms with van der Waals surface area (Å²) in [6.07, 6.45) is 0.977. The summed E-state index contributed by atoms with van der Waals surface area (Å²) in [5.74, 6) is 0.598. The topological polar surface area (TPSA) is 26.0 Å². The van der Waals surface area contributed by atoms with E-state index in [-0.39, 0.29) is 18.4 Å². The first-order chi connectivity index (χ1) is 6.52. The number of benzene rings is 1. The molecule has 0 fully saturated rings. The van der Waals surface area contributed by atoms with Crippen LogP contribution in [0.25, 0.3) is 0 Å². The van der Waals surface area contributed by atoms with Crippen LogP contribution in [0.1, 0.15) is 37.4 Å². The van der Waals surface area contributed by atoms with E-state index in [4.69, 9.17) is 17.3 Å². The highest BCUT2D eigenvalue weighted by molar-refractivity contribution is 6.31. The van der Waals surface area contributed by atoms with Crippen LogP contribution in [0.5, 0.6) is 0 Å². The van der Waals surface area contributed by atoms with Crippen LogP contribution in [0, 0.1) is 12.8 Å². The first kappa shape index (κ1) is 14.8. The van der Waals surface area contributed by atoms with E-state index in [0.29, 0.717) is 5.92 Å². The predicted molar refractivity (Wildman–Crippen MR) is 69.8 cm³/mol. The van der Waals surface area contributed by atoms with Gasteiger partial charge in [-0.3, -0.25) is 0 Å². The SMILES string of the molecule is Cc1cccc(Cl)c1[C@H](N)CC(C)C.Cl. The Morgan fingerprint density at radius 1 is 1.33 bits per heavy atom. The van der Waals surface area contributed by atoms with E-state index < -0.39 is 0 Å². The lowest BCUT2D eigenvalue weighted by molar-refractivity contribution is 0.509. The third-order valence-corrected chi connectivity index (χ3v) is 2.70. The van der Waals surface area contributed by atoms with E-state index in [0.717, 1.165) is 17.0 Å². The number of nitrogens with two attached hydrogens (primary N) is 1. The van der Waals surface area contributed by atoms with E-state index >= 15 is 0 Å². The summed E-state index contributed by atoms with van der Waals surface area (Å²) in [6.45, 7) is 6.40. The molecule has 0 amide bonds. The summed E-state index contributed by atoms with van der Waals surface area (Å²) in [5.41, 5.74) is 8.40. The van der Waals surface area contributed by atoms with E-state index in [2.05, 4.69) is 26.8 Å². The average Bonchev–Trinajstić information content (AvgIpc) is 2.01. The third-order valence-electron chi connectivity index (χ3n) is 2.37. The van der Waals surface area contributed by atoms with Gasteiger partial charge in [0.2, 0.25) is 0 Å². The molecule has 0 unspecified atom stereocenters. The minimum atomic E-state index is 0. The van der Waals surface area contributed by atoms with Crippen LogP contribution in [-0.4, -0.2) is 0 Å². The fraction of sp³-hybridized carbons (Fsp3) is 0.500. The first-order valence-electron chi connectivity index (χ1n) is 5.03. The van der Waals surface area contributed by atoms with Crippen molar-refractivity contribution in [2.45, 2.75) is 33.2 Å². The maximum atomic E-state index is 6.13. The van der Waals surface area contributed by atoms with Crippen LogP contribution >= 0.6 is 24.0 Å². The molecule has 0 aromatic heterocycles. The summed E-state index contributed by atoms with van der Waals surface area (Å²) in [6, 6.07) is 5.98. The lowest BCUT2D eigenvalue weighted by Crippen LogP contribution is -2.14. The molecule has 1 rings (SSSR count). The van der Waals surface area contributed by atoms with Gasteiger partial charge in [0, 0.05) is 11.1 Å². The smallest absolute Gasteiger partial charge is 0.0456 e. The van der Waals surface area contributed by atoms with Gasteiger partial charge in [0.25, 0.3) is 0 Å². The van der Waals surface area contributed by atoms with Gasteiger partial charge in [-0.2, -0.15) is 0 Å². The van der Waals surface area contributed by atoms with E-state index in [1.165, 1.54) is 5.56 Å². The molecule has 0 bridgehead atoms. The summed E-state index contributed by atoms with van der Waals surface area (Å²) in [7, 11) is 0. The van der Waals surface area contributed by atoms with Crippen molar-refractivity contribution in [2.75, 3.05) is 0 Å². The zero-order valence-electron chi connectivity index (χ0n) is 9.46. The zero-order valence-corrected chi connectivity index (χ0v) is 11.0. The Labute approximate surface area is 103 Å². The molecule has 2 N–H and O–H groups in total. The van der Waals surface area contributed by atoms with Gasteiger partial charge in [-0.05, 0) is 36.5 Å². The Kier molecular flexibility index (Phi) is 6.26. The van der Waals surface area contributed by atoms with Gasteiger partial charge in [-0.15, -0.1) is 12.4 Å². The first-order valence-corrected chi connectivity index (χ1v) is 5.40. The van der Waals surface area contributed by atoms with Crippen molar-refractivity contribution >= 4 is 24.0 Å². The van der Waals surface area contributed by atoms with Crippen molar-refractivity contribution in [1.82, 2.24) is 0 Å². The minimum Gasteiger partial charge on any atom is -0.324 e. The number of hydrogen-bond donors (Lipinski definition) is 1. The number of aryl methyl sites for hydroxylation is 1. The van der Waals surface area contributed by atoms with Gasteiger partial charge < -0.3 is 5.73 Å². The molecule has 3 heteroatoms. The molecular weight excluding hydrogens is 229 g/mol. The highest BCUT2D eigenvalue weighted by Crippen LogP contribution is 2.28. The fourth-order valence-electron chi connectivity index (χ4n) is 1.74. The maximum absolute atomic E-state index is 6.13. The van der Waals surface area contributed by atoms with Gasteiger partial charge in [0.1, 0.15) is 0 Å². The van der Waals surface area contributed by atoms with Crippen LogP contribution < -0.4 is 5.73 Å². The van der Waals surface area contributed by atoms with Crippen molar-refractivity contribution in [3.8, 4) is 0 Å². The van der Waals surface area contributed by atoms with E-state index in [9.17, 15) is 0 Å². The standard InChI is InChI=1S/C12H18ClN.ClH/c1-8(2)7-11(14)12-9(3)5-4-6-10(12)13;/h4-6,8,11H,7,14H2,1-3H3;1H/t11-;/m1./s1. The molecule has 1 nitrogen and oxygen atoms in total. The summed E-state index contributed by atoms with van der Waals surface area (Å²) in [4.78, 5) is 0. The highest BCUT2D eigenvalue weighted by Gasteiger charge is 2.13. The fourth-order valence-corrected chi connectivity index (χ4v) is 2.10. The van der Waals surface area contributed by atoms with Gasteiger partial charge in [-0.1, -0.05) is 37.6 Å². The molecule has 0 saturated carbocycles. The maximum Gasteiger partial charge on any atom is 0.0456 e. The lowest BCUT2D eigenvalue weighted by atomic mass is 9.95. The Balaban J connectivity index is 0.00000196. The zero-order chi connectivity index (χ0) is 10.7. The molecule has 0 radical (unpaired) electrons. The quantitative estimate of drug-likeness (QED) is 0.855. The lowest BCUT2D eigenvalue weighted by Gasteiger charge is -2.18. The Hall–Kier alpha value is -0.240.